The van der Waals surface area contributed by atoms with Gasteiger partial charge in [0.25, 0.3) is 0 Å². The second kappa shape index (κ2) is 5.78. The largest absolute Gasteiger partial charge is 0.419 e. The Kier molecular flexibility index (Phi) is 3.47. The molecule has 3 heteroatoms. The maximum Gasteiger partial charge on any atom is 0.363 e. The lowest BCUT2D eigenvalue weighted by molar-refractivity contribution is 0.558. The third-order valence-corrected chi connectivity index (χ3v) is 4.02. The second-order valence-electron chi connectivity index (χ2n) is 5.76. The quantitative estimate of drug-likeness (QED) is 0.532. The summed E-state index contributed by atoms with van der Waals surface area (Å²) in [6.07, 6.45) is 0. The molecule has 0 saturated heterocycles. The lowest BCUT2D eigenvalue weighted by atomic mass is 10.0. The van der Waals surface area contributed by atoms with Crippen LogP contribution in [0.1, 0.15) is 5.56 Å². The van der Waals surface area contributed by atoms with E-state index in [1.54, 1.807) is 6.07 Å². The Morgan fingerprint density at radius 2 is 1.50 bits per heavy atom. The van der Waals surface area contributed by atoms with E-state index in [2.05, 4.69) is 36.2 Å². The molecule has 0 spiro atoms. The zero-order chi connectivity index (χ0) is 16.5. The predicted octanol–water partition coefficient (Wildman–Crippen LogP) is 4.83. The fourth-order valence-electron chi connectivity index (χ4n) is 2.71. The van der Waals surface area contributed by atoms with Crippen molar-refractivity contribution in [1.29, 1.82) is 0 Å². The summed E-state index contributed by atoms with van der Waals surface area (Å²) in [4.78, 5) is 16.7. The summed E-state index contributed by atoms with van der Waals surface area (Å²) in [6.45, 7) is 2.06. The van der Waals surface area contributed by atoms with E-state index in [4.69, 9.17) is 4.42 Å². The van der Waals surface area contributed by atoms with Crippen molar-refractivity contribution in [3.63, 3.8) is 0 Å². The van der Waals surface area contributed by atoms with Gasteiger partial charge in [-0.05, 0) is 30.2 Å². The van der Waals surface area contributed by atoms with Crippen LogP contribution < -0.4 is 5.63 Å². The van der Waals surface area contributed by atoms with Crippen LogP contribution in [0.15, 0.2) is 82.0 Å². The van der Waals surface area contributed by atoms with Gasteiger partial charge in [-0.1, -0.05) is 66.2 Å². The molecule has 0 amide bonds. The van der Waals surface area contributed by atoms with Crippen LogP contribution in [0.5, 0.6) is 0 Å². The maximum atomic E-state index is 12.2. The molecule has 0 aliphatic carbocycles. The van der Waals surface area contributed by atoms with Gasteiger partial charge in [-0.25, -0.2) is 9.78 Å². The van der Waals surface area contributed by atoms with E-state index in [9.17, 15) is 4.79 Å². The SMILES string of the molecule is Cc1ccc(-c2ccc3oc(=O)c(-c4ccccc4)nc3c2)cc1. The summed E-state index contributed by atoms with van der Waals surface area (Å²) in [5.74, 6) is 0. The van der Waals surface area contributed by atoms with Gasteiger partial charge >= 0.3 is 5.63 Å². The fourth-order valence-corrected chi connectivity index (χ4v) is 2.71. The molecule has 0 aliphatic rings. The number of fused-ring (bicyclic) bond motifs is 1. The van der Waals surface area contributed by atoms with Crippen molar-refractivity contribution in [2.75, 3.05) is 0 Å². The minimum absolute atomic E-state index is 0.337. The van der Waals surface area contributed by atoms with Gasteiger partial charge in [-0.3, -0.25) is 0 Å². The van der Waals surface area contributed by atoms with Gasteiger partial charge in [-0.2, -0.15) is 0 Å². The Hall–Kier alpha value is -3.20. The highest BCUT2D eigenvalue weighted by atomic mass is 16.4. The number of hydrogen-bond donors (Lipinski definition) is 0. The highest BCUT2D eigenvalue weighted by Gasteiger charge is 2.10. The third kappa shape index (κ3) is 2.61. The molecule has 0 N–H and O–H groups in total. The summed E-state index contributed by atoms with van der Waals surface area (Å²) < 4.78 is 5.44. The maximum absolute atomic E-state index is 12.2. The first-order valence-corrected chi connectivity index (χ1v) is 7.78. The van der Waals surface area contributed by atoms with Crippen LogP contribution >= 0.6 is 0 Å². The number of rotatable bonds is 2. The molecular formula is C21H15NO2. The Labute approximate surface area is 139 Å². The van der Waals surface area contributed by atoms with Crippen molar-refractivity contribution in [2.45, 2.75) is 6.92 Å². The molecule has 0 aliphatic heterocycles. The van der Waals surface area contributed by atoms with Crippen molar-refractivity contribution in [3.05, 3.63) is 88.8 Å². The van der Waals surface area contributed by atoms with Gasteiger partial charge in [0.1, 0.15) is 5.52 Å². The van der Waals surface area contributed by atoms with Gasteiger partial charge in [-0.15, -0.1) is 0 Å². The Bertz CT molecular complexity index is 1060. The van der Waals surface area contributed by atoms with E-state index in [1.165, 1.54) is 5.56 Å². The highest BCUT2D eigenvalue weighted by Crippen LogP contribution is 2.24. The molecule has 0 bridgehead atoms. The second-order valence-corrected chi connectivity index (χ2v) is 5.76. The molecule has 1 aromatic heterocycles. The molecule has 0 atom stereocenters. The molecule has 116 valence electrons. The summed E-state index contributed by atoms with van der Waals surface area (Å²) in [5, 5.41) is 0. The van der Waals surface area contributed by atoms with Crippen LogP contribution in [0.25, 0.3) is 33.5 Å². The minimum atomic E-state index is -0.420. The van der Waals surface area contributed by atoms with Gasteiger partial charge in [0.05, 0.1) is 0 Å². The van der Waals surface area contributed by atoms with Crippen molar-refractivity contribution in [3.8, 4) is 22.4 Å². The Morgan fingerprint density at radius 3 is 2.25 bits per heavy atom. The first-order valence-electron chi connectivity index (χ1n) is 7.78. The van der Waals surface area contributed by atoms with Crippen LogP contribution in [0.2, 0.25) is 0 Å². The number of hydrogen-bond acceptors (Lipinski definition) is 3. The molecule has 0 unspecified atom stereocenters. The number of aryl methyl sites for hydroxylation is 1. The zero-order valence-electron chi connectivity index (χ0n) is 13.2. The van der Waals surface area contributed by atoms with Crippen molar-refractivity contribution >= 4 is 11.1 Å². The molecule has 4 aromatic rings. The molecule has 0 radical (unpaired) electrons. The fraction of sp³-hybridized carbons (Fsp3) is 0.0476. The van der Waals surface area contributed by atoms with E-state index in [0.29, 0.717) is 16.8 Å². The summed E-state index contributed by atoms with van der Waals surface area (Å²) >= 11 is 0. The average Bonchev–Trinajstić information content (AvgIpc) is 2.62. The Morgan fingerprint density at radius 1 is 0.792 bits per heavy atom. The van der Waals surface area contributed by atoms with Crippen LogP contribution in [-0.2, 0) is 0 Å². The number of aromatic nitrogens is 1. The summed E-state index contributed by atoms with van der Waals surface area (Å²) in [7, 11) is 0. The van der Waals surface area contributed by atoms with Crippen molar-refractivity contribution in [1.82, 2.24) is 4.98 Å². The molecular weight excluding hydrogens is 298 g/mol. The van der Waals surface area contributed by atoms with E-state index in [0.717, 1.165) is 16.7 Å². The first-order chi connectivity index (χ1) is 11.7. The molecule has 0 saturated carbocycles. The molecule has 4 rings (SSSR count). The van der Waals surface area contributed by atoms with E-state index >= 15 is 0 Å². The van der Waals surface area contributed by atoms with Gasteiger partial charge < -0.3 is 4.42 Å². The van der Waals surface area contributed by atoms with Crippen LogP contribution in [0, 0.1) is 6.92 Å². The van der Waals surface area contributed by atoms with Crippen molar-refractivity contribution < 1.29 is 4.42 Å². The van der Waals surface area contributed by atoms with Gasteiger partial charge in [0, 0.05) is 5.56 Å². The van der Waals surface area contributed by atoms with Crippen molar-refractivity contribution in [2.24, 2.45) is 0 Å². The molecule has 3 aromatic carbocycles. The van der Waals surface area contributed by atoms with Crippen LogP contribution in [-0.4, -0.2) is 4.98 Å². The lowest BCUT2D eigenvalue weighted by Crippen LogP contribution is -2.05. The van der Waals surface area contributed by atoms with Crippen LogP contribution in [0.4, 0.5) is 0 Å². The first kappa shape index (κ1) is 14.4. The smallest absolute Gasteiger partial charge is 0.363 e. The van der Waals surface area contributed by atoms with E-state index in [-0.39, 0.29) is 0 Å². The highest BCUT2D eigenvalue weighted by molar-refractivity contribution is 5.81. The number of benzene rings is 3. The summed E-state index contributed by atoms with van der Waals surface area (Å²) in [5.41, 5.74) is 5.21. The van der Waals surface area contributed by atoms with E-state index < -0.39 is 5.63 Å². The molecule has 24 heavy (non-hydrogen) atoms. The molecule has 0 fully saturated rings. The van der Waals surface area contributed by atoms with Crippen LogP contribution in [0.3, 0.4) is 0 Å². The summed E-state index contributed by atoms with van der Waals surface area (Å²) in [6, 6.07) is 23.4. The molecule has 1 heterocycles. The monoisotopic (exact) mass is 313 g/mol. The molecule has 3 nitrogen and oxygen atoms in total. The minimum Gasteiger partial charge on any atom is -0.419 e. The predicted molar refractivity (Wildman–Crippen MR) is 95.9 cm³/mol. The normalized spacial score (nSPS) is 10.9. The van der Waals surface area contributed by atoms with Gasteiger partial charge in [0.2, 0.25) is 0 Å². The third-order valence-electron chi connectivity index (χ3n) is 4.02. The lowest BCUT2D eigenvalue weighted by Gasteiger charge is -2.05. The Balaban J connectivity index is 1.88. The van der Waals surface area contributed by atoms with E-state index in [1.807, 2.05) is 42.5 Å². The number of nitrogens with zero attached hydrogens (tertiary/aromatic N) is 1. The zero-order valence-corrected chi connectivity index (χ0v) is 13.2. The average molecular weight is 313 g/mol. The standard InChI is InChI=1S/C21H15NO2/c1-14-7-9-15(10-8-14)17-11-12-19-18(13-17)22-20(21(23)24-19)16-5-3-2-4-6-16/h2-13H,1H3. The topological polar surface area (TPSA) is 43.1 Å². The van der Waals surface area contributed by atoms with Gasteiger partial charge in [0.15, 0.2) is 11.3 Å².